The van der Waals surface area contributed by atoms with Gasteiger partial charge in [0.2, 0.25) is 0 Å². The van der Waals surface area contributed by atoms with Crippen LogP contribution in [-0.4, -0.2) is 25.5 Å². The third-order valence-electron chi connectivity index (χ3n) is 5.04. The lowest BCUT2D eigenvalue weighted by molar-refractivity contribution is 0.212. The van der Waals surface area contributed by atoms with Crippen LogP contribution in [0.3, 0.4) is 0 Å². The summed E-state index contributed by atoms with van der Waals surface area (Å²) in [5.41, 5.74) is 0. The smallest absolute Gasteiger partial charge is 0.308 e. The van der Waals surface area contributed by atoms with Crippen molar-refractivity contribution in [3.63, 3.8) is 0 Å². The minimum absolute atomic E-state index is 0.369. The number of rotatable bonds is 17. The Morgan fingerprint density at radius 1 is 0.769 bits per heavy atom. The molecule has 0 radical (unpaired) electrons. The van der Waals surface area contributed by atoms with Crippen molar-refractivity contribution in [1.82, 2.24) is 0 Å². The first-order valence-electron chi connectivity index (χ1n) is 10.8. The van der Waals surface area contributed by atoms with Crippen LogP contribution in [0.4, 0.5) is 0 Å². The molecule has 0 saturated heterocycles. The van der Waals surface area contributed by atoms with E-state index in [2.05, 4.69) is 26.6 Å². The van der Waals surface area contributed by atoms with Gasteiger partial charge in [0.15, 0.2) is 0 Å². The zero-order valence-electron chi connectivity index (χ0n) is 18.2. The number of hydrogen-bond donors (Lipinski definition) is 0. The summed E-state index contributed by atoms with van der Waals surface area (Å²) in [4.78, 5) is 0. The Morgan fingerprint density at radius 3 is 1.50 bits per heavy atom. The molecule has 1 unspecified atom stereocenters. The van der Waals surface area contributed by atoms with E-state index in [9.17, 15) is 4.57 Å². The Morgan fingerprint density at radius 2 is 1.15 bits per heavy atom. The van der Waals surface area contributed by atoms with Crippen molar-refractivity contribution in [1.29, 1.82) is 0 Å². The van der Waals surface area contributed by atoms with Crippen molar-refractivity contribution >= 4 is 27.3 Å². The van der Waals surface area contributed by atoms with Gasteiger partial charge in [-0.25, -0.2) is 0 Å². The molecule has 0 amide bonds. The Labute approximate surface area is 169 Å². The maximum absolute atomic E-state index is 13.4. The van der Waals surface area contributed by atoms with Gasteiger partial charge in [0.1, 0.15) is 4.24 Å². The first kappa shape index (κ1) is 26.7. The Bertz CT molecular complexity index is 391. The molecule has 0 rings (SSSR count). The third kappa shape index (κ3) is 8.77. The number of unbranched alkanes of at least 4 members (excludes halogenated alkanes) is 9. The minimum atomic E-state index is -3.31. The highest BCUT2D eigenvalue weighted by Gasteiger charge is 2.57. The summed E-state index contributed by atoms with van der Waals surface area (Å²) < 4.78 is 23.9. The molecule has 6 heteroatoms. The lowest BCUT2D eigenvalue weighted by Crippen LogP contribution is -2.48. The highest BCUT2D eigenvalue weighted by Crippen LogP contribution is 2.67. The lowest BCUT2D eigenvalue weighted by atomic mass is 10.1. The fraction of sp³-hybridized carbons (Fsp3) is 1.00. The van der Waals surface area contributed by atoms with Crippen LogP contribution in [0.5, 0.6) is 0 Å². The molecule has 3 nitrogen and oxygen atoms in total. The van der Waals surface area contributed by atoms with Crippen LogP contribution in [0.25, 0.3) is 0 Å². The average Bonchev–Trinajstić information content (AvgIpc) is 2.55. The maximum atomic E-state index is 13.4. The molecular weight excluding hydrogens is 383 g/mol. The minimum Gasteiger partial charge on any atom is -0.308 e. The molecule has 0 fully saturated rings. The van der Waals surface area contributed by atoms with Crippen LogP contribution in [-0.2, 0) is 13.6 Å². The normalized spacial score (nSPS) is 15.2. The lowest BCUT2D eigenvalue weighted by Gasteiger charge is -2.42. The van der Waals surface area contributed by atoms with Crippen molar-refractivity contribution in [3.05, 3.63) is 0 Å². The van der Waals surface area contributed by atoms with Crippen molar-refractivity contribution in [2.24, 2.45) is 0 Å². The zero-order chi connectivity index (χ0) is 20.1. The molecule has 0 aromatic rings. The van der Waals surface area contributed by atoms with E-state index < -0.39 is 19.9 Å². The van der Waals surface area contributed by atoms with Crippen molar-refractivity contribution in [3.8, 4) is 0 Å². The molecular formula is C20H44ClO3PSi. The molecule has 0 aliphatic carbocycles. The monoisotopic (exact) mass is 426 g/mol. The maximum Gasteiger partial charge on any atom is 0.348 e. The molecule has 26 heavy (non-hydrogen) atoms. The van der Waals surface area contributed by atoms with Crippen LogP contribution in [0.2, 0.25) is 19.6 Å². The number of hydrogen-bond acceptors (Lipinski definition) is 3. The van der Waals surface area contributed by atoms with Crippen molar-refractivity contribution in [2.45, 2.75) is 115 Å². The van der Waals surface area contributed by atoms with E-state index in [-0.39, 0.29) is 0 Å². The molecule has 0 aromatic heterocycles. The molecule has 0 bridgehead atoms. The molecule has 0 aromatic carbocycles. The van der Waals surface area contributed by atoms with Gasteiger partial charge >= 0.3 is 7.60 Å². The van der Waals surface area contributed by atoms with Crippen molar-refractivity contribution in [2.75, 3.05) is 13.2 Å². The molecule has 0 aliphatic rings. The SMILES string of the molecule is CCCCCCCCCCCCC(Cl)([Si](C)(C)C)P(=O)(OCC)OCC. The van der Waals surface area contributed by atoms with Gasteiger partial charge in [0.05, 0.1) is 21.3 Å². The average molecular weight is 427 g/mol. The van der Waals surface area contributed by atoms with E-state index in [0.29, 0.717) is 13.2 Å². The van der Waals surface area contributed by atoms with Gasteiger partial charge in [-0.1, -0.05) is 90.8 Å². The van der Waals surface area contributed by atoms with Crippen molar-refractivity contribution < 1.29 is 13.6 Å². The second-order valence-electron chi connectivity index (χ2n) is 8.27. The van der Waals surface area contributed by atoms with Gasteiger partial charge in [-0.2, -0.15) is 0 Å². The summed E-state index contributed by atoms with van der Waals surface area (Å²) in [7, 11) is -5.28. The van der Waals surface area contributed by atoms with Crippen LogP contribution < -0.4 is 0 Å². The molecule has 0 aliphatic heterocycles. The Kier molecular flexibility index (Phi) is 14.1. The zero-order valence-corrected chi connectivity index (χ0v) is 20.9. The fourth-order valence-electron chi connectivity index (χ4n) is 3.35. The standard InChI is InChI=1S/C20H44ClO3PSi/c1-7-10-11-12-13-14-15-16-17-18-19-20(21,26(4,5)6)25(22,23-8-2)24-9-3/h7-19H2,1-6H3. The first-order valence-corrected chi connectivity index (χ1v) is 16.2. The molecule has 0 spiro atoms. The second kappa shape index (κ2) is 13.8. The molecule has 0 heterocycles. The van der Waals surface area contributed by atoms with Crippen LogP contribution in [0.15, 0.2) is 0 Å². The quantitative estimate of drug-likeness (QED) is 0.101. The number of halogens is 1. The third-order valence-corrected chi connectivity index (χ3v) is 15.2. The van der Waals surface area contributed by atoms with Gasteiger partial charge in [-0.3, -0.25) is 4.57 Å². The summed E-state index contributed by atoms with van der Waals surface area (Å²) in [6.07, 6.45) is 13.5. The van der Waals surface area contributed by atoms with E-state index in [4.69, 9.17) is 20.6 Å². The van der Waals surface area contributed by atoms with E-state index in [1.165, 1.54) is 51.4 Å². The van der Waals surface area contributed by atoms with Gasteiger partial charge in [-0.15, -0.1) is 11.6 Å². The van der Waals surface area contributed by atoms with E-state index in [0.717, 1.165) is 19.3 Å². The van der Waals surface area contributed by atoms with E-state index >= 15 is 0 Å². The van der Waals surface area contributed by atoms with Gasteiger partial charge < -0.3 is 9.05 Å². The van der Waals surface area contributed by atoms with Gasteiger partial charge in [-0.05, 0) is 20.3 Å². The summed E-state index contributed by atoms with van der Waals surface area (Å²) in [6, 6.07) is 0. The van der Waals surface area contributed by atoms with Crippen LogP contribution in [0.1, 0.15) is 91.4 Å². The first-order chi connectivity index (χ1) is 12.2. The van der Waals surface area contributed by atoms with Gasteiger partial charge in [0, 0.05) is 0 Å². The molecule has 0 N–H and O–H groups in total. The molecule has 0 saturated carbocycles. The Balaban J connectivity index is 4.46. The highest BCUT2D eigenvalue weighted by atomic mass is 35.5. The Hall–Kier alpha value is 0.657. The van der Waals surface area contributed by atoms with Gasteiger partial charge in [0.25, 0.3) is 0 Å². The predicted molar refractivity (Wildman–Crippen MR) is 119 cm³/mol. The summed E-state index contributed by atoms with van der Waals surface area (Å²) in [5.74, 6) is 0. The fourth-order valence-corrected chi connectivity index (χ4v) is 9.97. The predicted octanol–water partition coefficient (Wildman–Crippen LogP) is 8.38. The molecule has 158 valence electrons. The second-order valence-corrected chi connectivity index (χ2v) is 17.5. The summed E-state index contributed by atoms with van der Waals surface area (Å²) in [5, 5.41) is 0. The number of alkyl halides is 1. The van der Waals surface area contributed by atoms with Crippen LogP contribution >= 0.6 is 19.2 Å². The highest BCUT2D eigenvalue weighted by molar-refractivity contribution is 7.61. The topological polar surface area (TPSA) is 35.5 Å². The molecule has 1 atom stereocenters. The van der Waals surface area contributed by atoms with E-state index in [1.54, 1.807) is 0 Å². The van der Waals surface area contributed by atoms with Crippen LogP contribution in [0, 0.1) is 0 Å². The summed E-state index contributed by atoms with van der Waals surface area (Å²) >= 11 is 7.04. The van der Waals surface area contributed by atoms with E-state index in [1.807, 2.05) is 13.8 Å². The summed E-state index contributed by atoms with van der Waals surface area (Å²) in [6.45, 7) is 13.2. The largest absolute Gasteiger partial charge is 0.348 e.